The summed E-state index contributed by atoms with van der Waals surface area (Å²) in [5, 5.41) is 23.8. The van der Waals surface area contributed by atoms with Crippen molar-refractivity contribution in [2.45, 2.75) is 25.9 Å². The quantitative estimate of drug-likeness (QED) is 0.0788. The highest BCUT2D eigenvalue weighted by Crippen LogP contribution is 2.37. The SMILES string of the molecule is COc1cc(C(C)O)c([N+](=O)[O-])cc1OCCCC(=O)NCCOCCOCCOCCOCCN1C(=O)C=CC1=O. The Morgan fingerprint density at radius 2 is 1.50 bits per heavy atom. The lowest BCUT2D eigenvalue weighted by molar-refractivity contribution is -0.386. The second-order valence-electron chi connectivity index (χ2n) is 8.91. The Kier molecular flexibility index (Phi) is 16.0. The molecule has 1 heterocycles. The first-order chi connectivity index (χ1) is 20.2. The lowest BCUT2D eigenvalue weighted by atomic mass is 10.1. The molecule has 1 aliphatic rings. The zero-order valence-corrected chi connectivity index (χ0v) is 23.9. The van der Waals surface area contributed by atoms with Gasteiger partial charge in [0.05, 0.1) is 95.8 Å². The van der Waals surface area contributed by atoms with Gasteiger partial charge in [0.15, 0.2) is 11.5 Å². The Morgan fingerprint density at radius 3 is 2.05 bits per heavy atom. The number of aliphatic hydroxyl groups is 1. The first-order valence-corrected chi connectivity index (χ1v) is 13.5. The Labute approximate surface area is 243 Å². The molecule has 1 aliphatic heterocycles. The van der Waals surface area contributed by atoms with Crippen LogP contribution in [0.3, 0.4) is 0 Å². The summed E-state index contributed by atoms with van der Waals surface area (Å²) in [7, 11) is 1.39. The number of hydrogen-bond donors (Lipinski definition) is 2. The number of carbonyl (C=O) groups excluding carboxylic acids is 3. The maximum Gasteiger partial charge on any atom is 0.279 e. The van der Waals surface area contributed by atoms with Gasteiger partial charge in [0.2, 0.25) is 5.91 Å². The molecule has 0 saturated heterocycles. The van der Waals surface area contributed by atoms with E-state index in [9.17, 15) is 29.6 Å². The Hall–Kier alpha value is -3.63. The molecule has 1 unspecified atom stereocenters. The van der Waals surface area contributed by atoms with Crippen LogP contribution in [0.15, 0.2) is 24.3 Å². The van der Waals surface area contributed by atoms with Crippen LogP contribution in [0.1, 0.15) is 31.4 Å². The largest absolute Gasteiger partial charge is 0.493 e. The van der Waals surface area contributed by atoms with Crippen molar-refractivity contribution in [2.24, 2.45) is 0 Å². The van der Waals surface area contributed by atoms with Crippen LogP contribution in [0.4, 0.5) is 5.69 Å². The highest BCUT2D eigenvalue weighted by molar-refractivity contribution is 6.12. The molecule has 1 atom stereocenters. The molecule has 1 aromatic rings. The predicted octanol–water partition coefficient (Wildman–Crippen LogP) is 0.923. The summed E-state index contributed by atoms with van der Waals surface area (Å²) in [5.41, 5.74) is -0.157. The second kappa shape index (κ2) is 19.5. The monoisotopic (exact) mass is 597 g/mol. The number of amides is 3. The van der Waals surface area contributed by atoms with Gasteiger partial charge in [-0.2, -0.15) is 0 Å². The fourth-order valence-corrected chi connectivity index (χ4v) is 3.67. The van der Waals surface area contributed by atoms with Crippen LogP contribution in [0.2, 0.25) is 0 Å². The molecule has 234 valence electrons. The van der Waals surface area contributed by atoms with Gasteiger partial charge < -0.3 is 38.8 Å². The van der Waals surface area contributed by atoms with Crippen LogP contribution in [-0.4, -0.2) is 112 Å². The number of methoxy groups -OCH3 is 1. The zero-order chi connectivity index (χ0) is 30.7. The number of nitrogens with zero attached hydrogens (tertiary/aromatic N) is 2. The topological polar surface area (TPSA) is 185 Å². The fourth-order valence-electron chi connectivity index (χ4n) is 3.67. The fraction of sp³-hybridized carbons (Fsp3) is 0.593. The average molecular weight is 598 g/mol. The van der Waals surface area contributed by atoms with Gasteiger partial charge >= 0.3 is 0 Å². The van der Waals surface area contributed by atoms with Crippen molar-refractivity contribution >= 4 is 23.4 Å². The molecule has 2 N–H and O–H groups in total. The summed E-state index contributed by atoms with van der Waals surface area (Å²) in [6, 6.07) is 2.58. The molecule has 42 heavy (non-hydrogen) atoms. The van der Waals surface area contributed by atoms with E-state index in [4.69, 9.17) is 28.4 Å². The summed E-state index contributed by atoms with van der Waals surface area (Å²) < 4.78 is 32.3. The molecule has 1 aromatic carbocycles. The number of ether oxygens (including phenoxy) is 6. The first-order valence-electron chi connectivity index (χ1n) is 13.5. The van der Waals surface area contributed by atoms with E-state index in [1.807, 2.05) is 0 Å². The van der Waals surface area contributed by atoms with Gasteiger partial charge in [-0.3, -0.25) is 29.4 Å². The van der Waals surface area contributed by atoms with E-state index in [2.05, 4.69) is 5.32 Å². The van der Waals surface area contributed by atoms with Crippen molar-refractivity contribution in [1.82, 2.24) is 10.2 Å². The van der Waals surface area contributed by atoms with Crippen molar-refractivity contribution < 1.29 is 52.8 Å². The lowest BCUT2D eigenvalue weighted by Gasteiger charge is -2.14. The number of hydrogen-bond acceptors (Lipinski definition) is 12. The van der Waals surface area contributed by atoms with Gasteiger partial charge in [0.1, 0.15) is 0 Å². The Bertz CT molecular complexity index is 1050. The zero-order valence-electron chi connectivity index (χ0n) is 23.9. The Morgan fingerprint density at radius 1 is 0.929 bits per heavy atom. The van der Waals surface area contributed by atoms with Crippen LogP contribution in [0.5, 0.6) is 11.5 Å². The second-order valence-corrected chi connectivity index (χ2v) is 8.91. The van der Waals surface area contributed by atoms with E-state index in [0.29, 0.717) is 59.2 Å². The van der Waals surface area contributed by atoms with Crippen molar-refractivity contribution in [3.05, 3.63) is 40.0 Å². The predicted molar refractivity (Wildman–Crippen MR) is 147 cm³/mol. The average Bonchev–Trinajstić information content (AvgIpc) is 3.28. The van der Waals surface area contributed by atoms with Crippen molar-refractivity contribution in [3.63, 3.8) is 0 Å². The number of nitro groups is 1. The van der Waals surface area contributed by atoms with Crippen LogP contribution in [0.25, 0.3) is 0 Å². The molecule has 0 bridgehead atoms. The molecule has 15 nitrogen and oxygen atoms in total. The van der Waals surface area contributed by atoms with Gasteiger partial charge in [0.25, 0.3) is 17.5 Å². The minimum atomic E-state index is -1.05. The molecule has 0 saturated carbocycles. The molecule has 0 radical (unpaired) electrons. The van der Waals surface area contributed by atoms with E-state index < -0.39 is 11.0 Å². The molecule has 15 heteroatoms. The van der Waals surface area contributed by atoms with Gasteiger partial charge in [-0.25, -0.2) is 0 Å². The van der Waals surface area contributed by atoms with E-state index in [1.54, 1.807) is 0 Å². The van der Waals surface area contributed by atoms with Gasteiger partial charge in [-0.15, -0.1) is 0 Å². The van der Waals surface area contributed by atoms with Crippen LogP contribution in [0, 0.1) is 10.1 Å². The van der Waals surface area contributed by atoms with E-state index >= 15 is 0 Å². The van der Waals surface area contributed by atoms with Gasteiger partial charge in [0, 0.05) is 25.1 Å². The summed E-state index contributed by atoms with van der Waals surface area (Å²) >= 11 is 0. The van der Waals surface area contributed by atoms with Crippen molar-refractivity contribution in [1.29, 1.82) is 0 Å². The maximum atomic E-state index is 12.0. The van der Waals surface area contributed by atoms with E-state index in [0.717, 1.165) is 4.90 Å². The first kappa shape index (κ1) is 34.6. The minimum Gasteiger partial charge on any atom is -0.493 e. The molecular weight excluding hydrogens is 558 g/mol. The van der Waals surface area contributed by atoms with Gasteiger partial charge in [-0.05, 0) is 19.4 Å². The molecule has 3 amide bonds. The highest BCUT2D eigenvalue weighted by atomic mass is 16.6. The molecular formula is C27H39N3O12. The van der Waals surface area contributed by atoms with Crippen LogP contribution >= 0.6 is 0 Å². The van der Waals surface area contributed by atoms with Crippen LogP contribution < -0.4 is 14.8 Å². The third kappa shape index (κ3) is 12.5. The summed E-state index contributed by atoms with van der Waals surface area (Å²) in [5.74, 6) is -0.436. The molecule has 0 aromatic heterocycles. The van der Waals surface area contributed by atoms with Crippen molar-refractivity contribution in [3.8, 4) is 11.5 Å². The maximum absolute atomic E-state index is 12.0. The molecule has 0 fully saturated rings. The number of rotatable bonds is 23. The number of nitro benzene ring substituents is 1. The molecule has 2 rings (SSSR count). The number of nitrogens with one attached hydrogen (secondary N) is 1. The third-order valence-electron chi connectivity index (χ3n) is 5.81. The summed E-state index contributed by atoms with van der Waals surface area (Å²) in [4.78, 5) is 46.6. The molecule has 0 spiro atoms. The smallest absolute Gasteiger partial charge is 0.279 e. The molecule has 0 aliphatic carbocycles. The van der Waals surface area contributed by atoms with E-state index in [-0.39, 0.29) is 66.7 Å². The van der Waals surface area contributed by atoms with Gasteiger partial charge in [-0.1, -0.05) is 0 Å². The standard InChI is InChI=1S/C27H39N3O12/c1-20(31)21-18-23(37-2)24(19-22(21)30(35)36)42-9-3-4-25(32)28-7-10-38-12-14-40-16-17-41-15-13-39-11-8-29-26(33)5-6-27(29)34/h5-6,18-20,31H,3-4,7-17H2,1-2H3,(H,28,32). The van der Waals surface area contributed by atoms with Crippen molar-refractivity contribution in [2.75, 3.05) is 79.7 Å². The summed E-state index contributed by atoms with van der Waals surface area (Å²) in [6.45, 7) is 4.87. The number of carbonyl (C=O) groups is 3. The minimum absolute atomic E-state index is 0.119. The van der Waals surface area contributed by atoms with Crippen LogP contribution in [-0.2, 0) is 33.3 Å². The Balaban J connectivity index is 1.41. The highest BCUT2D eigenvalue weighted by Gasteiger charge is 2.23. The number of benzene rings is 1. The normalized spacial score (nSPS) is 13.5. The number of aliphatic hydroxyl groups excluding tert-OH is 1. The number of imide groups is 1. The lowest BCUT2D eigenvalue weighted by Crippen LogP contribution is -2.33. The summed E-state index contributed by atoms with van der Waals surface area (Å²) in [6.07, 6.45) is 1.99. The van der Waals surface area contributed by atoms with E-state index in [1.165, 1.54) is 38.3 Å². The third-order valence-corrected chi connectivity index (χ3v) is 5.81.